The van der Waals surface area contributed by atoms with Gasteiger partial charge in [-0.1, -0.05) is 12.1 Å². The van der Waals surface area contributed by atoms with Gasteiger partial charge in [-0.15, -0.1) is 11.8 Å². The maximum atomic E-state index is 12.6. The lowest BCUT2D eigenvalue weighted by Crippen LogP contribution is -2.36. The summed E-state index contributed by atoms with van der Waals surface area (Å²) in [6.07, 6.45) is 3.70. The zero-order chi connectivity index (χ0) is 22.6. The highest BCUT2D eigenvalue weighted by Crippen LogP contribution is 2.31. The molecule has 2 aromatic heterocycles. The molecule has 0 saturated carbocycles. The van der Waals surface area contributed by atoms with E-state index in [1.165, 1.54) is 0 Å². The van der Waals surface area contributed by atoms with Gasteiger partial charge in [0.15, 0.2) is 0 Å². The van der Waals surface area contributed by atoms with Gasteiger partial charge in [0.1, 0.15) is 11.6 Å². The monoisotopic (exact) mass is 459 g/mol. The quantitative estimate of drug-likeness (QED) is 0.351. The summed E-state index contributed by atoms with van der Waals surface area (Å²) in [5.74, 6) is 1.18. The largest absolute Gasteiger partial charge is 0.378 e. The summed E-state index contributed by atoms with van der Waals surface area (Å²) >= 11 is 1.67. The van der Waals surface area contributed by atoms with Crippen LogP contribution in [0.4, 0.5) is 28.7 Å². The number of aromatic amines is 1. The number of aromatic nitrogens is 2. The van der Waals surface area contributed by atoms with Gasteiger partial charge in [0, 0.05) is 35.6 Å². The molecule has 0 amide bonds. The third-order valence-electron chi connectivity index (χ3n) is 5.63. The molecule has 0 aliphatic carbocycles. The SMILES string of the molecule is CSc1ccccc1Nc1cc2cc[nH]c(=O)c2c(Nc2ccc(N3CCOCC3)cc2)n1. The Balaban J connectivity index is 1.48. The summed E-state index contributed by atoms with van der Waals surface area (Å²) in [7, 11) is 0. The number of benzene rings is 2. The smallest absolute Gasteiger partial charge is 0.259 e. The second-order valence-corrected chi connectivity index (χ2v) is 8.57. The molecule has 0 unspecified atom stereocenters. The molecule has 7 nitrogen and oxygen atoms in total. The Morgan fingerprint density at radius 2 is 1.82 bits per heavy atom. The first-order valence-electron chi connectivity index (χ1n) is 10.8. The fraction of sp³-hybridized carbons (Fsp3) is 0.200. The second kappa shape index (κ2) is 9.56. The Morgan fingerprint density at radius 3 is 2.61 bits per heavy atom. The van der Waals surface area contributed by atoms with Crippen LogP contribution in [-0.4, -0.2) is 42.5 Å². The fourth-order valence-electron chi connectivity index (χ4n) is 3.97. The molecule has 4 aromatic rings. The number of rotatable bonds is 6. The van der Waals surface area contributed by atoms with Crippen LogP contribution in [0.2, 0.25) is 0 Å². The van der Waals surface area contributed by atoms with E-state index >= 15 is 0 Å². The van der Waals surface area contributed by atoms with Gasteiger partial charge in [0.05, 0.1) is 24.3 Å². The Kier molecular flexibility index (Phi) is 6.19. The van der Waals surface area contributed by atoms with Crippen molar-refractivity contribution in [2.75, 3.05) is 48.1 Å². The van der Waals surface area contributed by atoms with Crippen molar-refractivity contribution in [1.29, 1.82) is 0 Å². The first-order valence-corrected chi connectivity index (χ1v) is 12.1. The Bertz CT molecular complexity index is 1320. The van der Waals surface area contributed by atoms with Crippen molar-refractivity contribution in [2.45, 2.75) is 4.90 Å². The summed E-state index contributed by atoms with van der Waals surface area (Å²) in [5, 5.41) is 8.10. The zero-order valence-electron chi connectivity index (χ0n) is 18.3. The van der Waals surface area contributed by atoms with Crippen LogP contribution < -0.4 is 21.1 Å². The molecule has 3 heterocycles. The van der Waals surface area contributed by atoms with Gasteiger partial charge in [-0.05, 0) is 60.2 Å². The van der Waals surface area contributed by atoms with E-state index in [4.69, 9.17) is 9.72 Å². The topological polar surface area (TPSA) is 82.3 Å². The number of para-hydroxylation sites is 1. The fourth-order valence-corrected chi connectivity index (χ4v) is 4.52. The first-order chi connectivity index (χ1) is 16.2. The maximum absolute atomic E-state index is 12.6. The van der Waals surface area contributed by atoms with Gasteiger partial charge in [-0.25, -0.2) is 4.98 Å². The molecule has 33 heavy (non-hydrogen) atoms. The lowest BCUT2D eigenvalue weighted by atomic mass is 10.2. The normalized spacial score (nSPS) is 13.8. The maximum Gasteiger partial charge on any atom is 0.259 e. The third kappa shape index (κ3) is 4.67. The number of anilines is 5. The van der Waals surface area contributed by atoms with Crippen molar-refractivity contribution in [3.63, 3.8) is 0 Å². The van der Waals surface area contributed by atoms with Crippen LogP contribution in [0.15, 0.2) is 76.6 Å². The second-order valence-electron chi connectivity index (χ2n) is 7.72. The van der Waals surface area contributed by atoms with Crippen LogP contribution in [-0.2, 0) is 4.74 Å². The number of hydrogen-bond acceptors (Lipinski definition) is 7. The minimum Gasteiger partial charge on any atom is -0.378 e. The van der Waals surface area contributed by atoms with E-state index in [2.05, 4.69) is 38.7 Å². The summed E-state index contributed by atoms with van der Waals surface area (Å²) in [6, 6.07) is 20.1. The summed E-state index contributed by atoms with van der Waals surface area (Å²) < 4.78 is 5.44. The van der Waals surface area contributed by atoms with Gasteiger partial charge in [0.25, 0.3) is 5.56 Å². The molecule has 0 radical (unpaired) electrons. The Hall–Kier alpha value is -3.49. The standard InChI is InChI=1S/C25H25N5O2S/c1-33-21-5-3-2-4-20(21)28-22-16-17-10-11-26-25(31)23(17)24(29-22)27-18-6-8-19(9-7-18)30-12-14-32-15-13-30/h2-11,16H,12-15H2,1H3,(H,26,31)(H2,27,28,29). The number of H-pyrrole nitrogens is 1. The highest BCUT2D eigenvalue weighted by molar-refractivity contribution is 7.98. The van der Waals surface area contributed by atoms with E-state index in [1.54, 1.807) is 18.0 Å². The molecule has 0 bridgehead atoms. The summed E-state index contributed by atoms with van der Waals surface area (Å²) in [5.41, 5.74) is 2.82. The van der Waals surface area contributed by atoms with E-state index in [0.717, 1.165) is 53.6 Å². The minimum absolute atomic E-state index is 0.177. The number of hydrogen-bond donors (Lipinski definition) is 3. The third-order valence-corrected chi connectivity index (χ3v) is 6.43. The zero-order valence-corrected chi connectivity index (χ0v) is 19.1. The molecule has 8 heteroatoms. The highest BCUT2D eigenvalue weighted by Gasteiger charge is 2.13. The highest BCUT2D eigenvalue weighted by atomic mass is 32.2. The number of morpholine rings is 1. The summed E-state index contributed by atoms with van der Waals surface area (Å²) in [4.78, 5) is 23.6. The van der Waals surface area contributed by atoms with E-state index in [0.29, 0.717) is 17.0 Å². The van der Waals surface area contributed by atoms with Crippen molar-refractivity contribution in [2.24, 2.45) is 0 Å². The molecule has 1 saturated heterocycles. The van der Waals surface area contributed by atoms with Gasteiger partial charge in [-0.2, -0.15) is 0 Å². The molecule has 0 spiro atoms. The Morgan fingerprint density at radius 1 is 1.03 bits per heavy atom. The molecule has 5 rings (SSSR count). The number of thioether (sulfide) groups is 1. The van der Waals surface area contributed by atoms with Gasteiger partial charge < -0.3 is 25.3 Å². The molecule has 3 N–H and O–H groups in total. The van der Waals surface area contributed by atoms with Gasteiger partial charge in [0.2, 0.25) is 0 Å². The van der Waals surface area contributed by atoms with Gasteiger partial charge >= 0.3 is 0 Å². The van der Waals surface area contributed by atoms with Crippen LogP contribution >= 0.6 is 11.8 Å². The van der Waals surface area contributed by atoms with Crippen LogP contribution in [0.1, 0.15) is 0 Å². The number of nitrogens with one attached hydrogen (secondary N) is 3. The molecule has 168 valence electrons. The molecule has 0 atom stereocenters. The van der Waals surface area contributed by atoms with Gasteiger partial charge in [-0.3, -0.25) is 4.79 Å². The molecular weight excluding hydrogens is 434 g/mol. The molecule has 1 aliphatic rings. The van der Waals surface area contributed by atoms with Crippen molar-refractivity contribution in [3.05, 3.63) is 77.2 Å². The van der Waals surface area contributed by atoms with Crippen LogP contribution in [0.25, 0.3) is 10.8 Å². The predicted octanol–water partition coefficient (Wildman–Crippen LogP) is 4.97. The van der Waals surface area contributed by atoms with E-state index in [-0.39, 0.29) is 5.56 Å². The average molecular weight is 460 g/mol. The molecule has 2 aromatic carbocycles. The molecule has 1 fully saturated rings. The van der Waals surface area contributed by atoms with Crippen molar-refractivity contribution in [3.8, 4) is 0 Å². The van der Waals surface area contributed by atoms with E-state index < -0.39 is 0 Å². The van der Waals surface area contributed by atoms with Crippen molar-refractivity contribution < 1.29 is 4.74 Å². The molecule has 1 aliphatic heterocycles. The van der Waals surface area contributed by atoms with E-state index in [1.807, 2.05) is 48.7 Å². The number of ether oxygens (including phenoxy) is 1. The van der Waals surface area contributed by atoms with Crippen LogP contribution in [0.5, 0.6) is 0 Å². The average Bonchev–Trinajstić information content (AvgIpc) is 2.85. The van der Waals surface area contributed by atoms with Crippen molar-refractivity contribution >= 4 is 51.2 Å². The minimum atomic E-state index is -0.177. The lowest BCUT2D eigenvalue weighted by Gasteiger charge is -2.28. The Labute approximate surface area is 196 Å². The number of fused-ring (bicyclic) bond motifs is 1. The van der Waals surface area contributed by atoms with E-state index in [9.17, 15) is 4.79 Å². The van der Waals surface area contributed by atoms with Crippen molar-refractivity contribution in [1.82, 2.24) is 9.97 Å². The molecular formula is C25H25N5O2S. The number of pyridine rings is 2. The first kappa shape index (κ1) is 21.4. The van der Waals surface area contributed by atoms with Crippen LogP contribution in [0, 0.1) is 0 Å². The number of nitrogens with zero attached hydrogens (tertiary/aromatic N) is 2. The predicted molar refractivity (Wildman–Crippen MR) is 137 cm³/mol. The lowest BCUT2D eigenvalue weighted by molar-refractivity contribution is 0.122. The summed E-state index contributed by atoms with van der Waals surface area (Å²) in [6.45, 7) is 3.27. The van der Waals surface area contributed by atoms with Crippen LogP contribution in [0.3, 0.4) is 0 Å².